The van der Waals surface area contributed by atoms with Gasteiger partial charge in [-0.05, 0) is 51.1 Å². The first-order valence-corrected chi connectivity index (χ1v) is 9.78. The van der Waals surface area contributed by atoms with Crippen molar-refractivity contribution in [3.63, 3.8) is 0 Å². The zero-order valence-corrected chi connectivity index (χ0v) is 18.2. The second-order valence-corrected chi connectivity index (χ2v) is 7.95. The highest BCUT2D eigenvalue weighted by molar-refractivity contribution is 6.06. The summed E-state index contributed by atoms with van der Waals surface area (Å²) >= 11 is 0. The van der Waals surface area contributed by atoms with E-state index < -0.39 is 17.4 Å². The van der Waals surface area contributed by atoms with Crippen LogP contribution in [0, 0.1) is 6.92 Å². The molecule has 0 fully saturated rings. The smallest absolute Gasteiger partial charge is 0.339 e. The number of phenols is 1. The maximum Gasteiger partial charge on any atom is 0.339 e. The number of nitrogens with zero attached hydrogens (tertiary/aromatic N) is 1. The van der Waals surface area contributed by atoms with Crippen LogP contribution in [0.15, 0.2) is 36.4 Å². The number of nitrogens with one attached hydrogen (secondary N) is 1. The molecule has 1 heterocycles. The van der Waals surface area contributed by atoms with Gasteiger partial charge >= 0.3 is 5.97 Å². The molecule has 0 saturated heterocycles. The van der Waals surface area contributed by atoms with Crippen LogP contribution in [-0.4, -0.2) is 46.3 Å². The number of nitrogens with two attached hydrogens (primary N) is 1. The van der Waals surface area contributed by atoms with E-state index in [0.29, 0.717) is 22.3 Å². The minimum atomic E-state index is -1.17. The molecule has 0 unspecified atom stereocenters. The standard InChI is InChI=1S/C23H25N3O6/c1-12-18(22(29)30)20(24)19-14(25-12)6-5-7-17(19)32-11-23(2,3)26-21(28)13-8-9-16(31-4)15(27)10-13/h5-10,27H,11H2,1-4H3,(H2,24,25)(H,26,28)(H,29,30). The second kappa shape index (κ2) is 8.62. The van der Waals surface area contributed by atoms with Crippen molar-refractivity contribution >= 4 is 28.5 Å². The van der Waals surface area contributed by atoms with Crippen molar-refractivity contribution in [3.8, 4) is 17.2 Å². The summed E-state index contributed by atoms with van der Waals surface area (Å²) in [5.41, 5.74) is 6.44. The number of aromatic nitrogens is 1. The van der Waals surface area contributed by atoms with Gasteiger partial charge in [0, 0.05) is 5.56 Å². The fourth-order valence-corrected chi connectivity index (χ4v) is 3.34. The van der Waals surface area contributed by atoms with Gasteiger partial charge < -0.3 is 30.7 Å². The number of carbonyl (C=O) groups excluding carboxylic acids is 1. The number of rotatable bonds is 7. The lowest BCUT2D eigenvalue weighted by atomic mass is 10.0. The van der Waals surface area contributed by atoms with Gasteiger partial charge in [-0.2, -0.15) is 0 Å². The normalized spacial score (nSPS) is 11.2. The molecule has 168 valence electrons. The predicted molar refractivity (Wildman–Crippen MR) is 120 cm³/mol. The van der Waals surface area contributed by atoms with Crippen molar-refractivity contribution in [2.75, 3.05) is 19.5 Å². The number of hydrogen-bond donors (Lipinski definition) is 4. The zero-order chi connectivity index (χ0) is 23.6. The molecule has 0 radical (unpaired) electrons. The molecular weight excluding hydrogens is 414 g/mol. The molecule has 0 spiro atoms. The number of methoxy groups -OCH3 is 1. The van der Waals surface area contributed by atoms with E-state index in [1.165, 1.54) is 25.3 Å². The van der Waals surface area contributed by atoms with Crippen LogP contribution in [0.1, 0.15) is 40.3 Å². The number of aromatic carboxylic acids is 1. The highest BCUT2D eigenvalue weighted by Gasteiger charge is 2.24. The molecule has 3 rings (SSSR count). The fourth-order valence-electron chi connectivity index (χ4n) is 3.34. The molecule has 2 aromatic carbocycles. The molecule has 32 heavy (non-hydrogen) atoms. The van der Waals surface area contributed by atoms with Crippen LogP contribution in [0.2, 0.25) is 0 Å². The Balaban J connectivity index is 1.82. The number of carbonyl (C=O) groups is 2. The maximum atomic E-state index is 12.6. The van der Waals surface area contributed by atoms with E-state index in [1.54, 1.807) is 39.0 Å². The molecule has 1 aromatic heterocycles. The van der Waals surface area contributed by atoms with Crippen molar-refractivity contribution in [1.82, 2.24) is 10.3 Å². The zero-order valence-electron chi connectivity index (χ0n) is 18.2. The Morgan fingerprint density at radius 2 is 1.91 bits per heavy atom. The Labute approximate surface area is 184 Å². The predicted octanol–water partition coefficient (Wildman–Crippen LogP) is 3.13. The molecule has 5 N–H and O–H groups in total. The van der Waals surface area contributed by atoms with Gasteiger partial charge in [0.1, 0.15) is 17.9 Å². The van der Waals surface area contributed by atoms with Gasteiger partial charge in [0.25, 0.3) is 5.91 Å². The third kappa shape index (κ3) is 4.51. The minimum absolute atomic E-state index is 0.0652. The highest BCUT2D eigenvalue weighted by atomic mass is 16.5. The second-order valence-electron chi connectivity index (χ2n) is 7.95. The summed E-state index contributed by atoms with van der Waals surface area (Å²) in [5, 5.41) is 22.6. The molecule has 0 atom stereocenters. The van der Waals surface area contributed by atoms with Crippen molar-refractivity contribution in [1.29, 1.82) is 0 Å². The number of ether oxygens (including phenoxy) is 2. The summed E-state index contributed by atoms with van der Waals surface area (Å²) in [6, 6.07) is 9.48. The Hall–Kier alpha value is -4.01. The van der Waals surface area contributed by atoms with Crippen molar-refractivity contribution in [2.24, 2.45) is 0 Å². The number of fused-ring (bicyclic) bond motifs is 1. The molecule has 0 aliphatic carbocycles. The number of amides is 1. The molecule has 9 nitrogen and oxygen atoms in total. The molecule has 0 bridgehead atoms. The number of aromatic hydroxyl groups is 1. The van der Waals surface area contributed by atoms with Crippen LogP contribution >= 0.6 is 0 Å². The summed E-state index contributed by atoms with van der Waals surface area (Å²) in [4.78, 5) is 28.6. The number of nitrogen functional groups attached to an aromatic ring is 1. The SMILES string of the molecule is COc1ccc(C(=O)NC(C)(C)COc2cccc3nc(C)c(C(=O)O)c(N)c23)cc1O. The maximum absolute atomic E-state index is 12.6. The highest BCUT2D eigenvalue weighted by Crippen LogP contribution is 2.34. The number of benzene rings is 2. The van der Waals surface area contributed by atoms with E-state index >= 15 is 0 Å². The first-order chi connectivity index (χ1) is 15.0. The van der Waals surface area contributed by atoms with Crippen LogP contribution in [-0.2, 0) is 0 Å². The molecule has 0 saturated carbocycles. The van der Waals surface area contributed by atoms with Gasteiger partial charge in [-0.1, -0.05) is 6.07 Å². The van der Waals surface area contributed by atoms with Crippen molar-refractivity contribution in [2.45, 2.75) is 26.3 Å². The summed E-state index contributed by atoms with van der Waals surface area (Å²) in [6.45, 7) is 5.19. The third-order valence-corrected chi connectivity index (χ3v) is 4.89. The Morgan fingerprint density at radius 1 is 1.19 bits per heavy atom. The fraction of sp³-hybridized carbons (Fsp3) is 0.261. The average Bonchev–Trinajstić information content (AvgIpc) is 2.71. The topological polar surface area (TPSA) is 144 Å². The molecule has 0 aliphatic heterocycles. The Bertz CT molecular complexity index is 1210. The van der Waals surface area contributed by atoms with Crippen molar-refractivity contribution in [3.05, 3.63) is 53.2 Å². The van der Waals surface area contributed by atoms with Crippen molar-refractivity contribution < 1.29 is 29.3 Å². The Morgan fingerprint density at radius 3 is 2.53 bits per heavy atom. The van der Waals surface area contributed by atoms with E-state index in [9.17, 15) is 19.8 Å². The van der Waals surface area contributed by atoms with Crippen LogP contribution in [0.25, 0.3) is 10.9 Å². The van der Waals surface area contributed by atoms with Crippen LogP contribution in [0.5, 0.6) is 17.2 Å². The van der Waals surface area contributed by atoms with Gasteiger partial charge in [-0.15, -0.1) is 0 Å². The van der Waals surface area contributed by atoms with E-state index in [1.807, 2.05) is 0 Å². The number of pyridine rings is 1. The van der Waals surface area contributed by atoms with Crippen LogP contribution in [0.4, 0.5) is 5.69 Å². The minimum Gasteiger partial charge on any atom is -0.504 e. The molecule has 1 amide bonds. The largest absolute Gasteiger partial charge is 0.504 e. The van der Waals surface area contributed by atoms with E-state index in [-0.39, 0.29) is 34.9 Å². The summed E-state index contributed by atoms with van der Waals surface area (Å²) in [5.74, 6) is -1.09. The monoisotopic (exact) mass is 439 g/mol. The van der Waals surface area contributed by atoms with Gasteiger partial charge in [-0.3, -0.25) is 9.78 Å². The van der Waals surface area contributed by atoms with Gasteiger partial charge in [0.2, 0.25) is 0 Å². The number of anilines is 1. The number of carboxylic acid groups (broad SMARTS) is 1. The number of hydrogen-bond acceptors (Lipinski definition) is 7. The van der Waals surface area contributed by atoms with E-state index in [2.05, 4.69) is 10.3 Å². The summed E-state index contributed by atoms with van der Waals surface area (Å²) in [7, 11) is 1.42. The lowest BCUT2D eigenvalue weighted by molar-refractivity contribution is 0.0696. The molecule has 3 aromatic rings. The third-order valence-electron chi connectivity index (χ3n) is 4.89. The molecule has 0 aliphatic rings. The van der Waals surface area contributed by atoms with Crippen LogP contribution in [0.3, 0.4) is 0 Å². The number of carboxylic acids is 1. The number of aryl methyl sites for hydroxylation is 1. The lowest BCUT2D eigenvalue weighted by Crippen LogP contribution is -2.47. The number of phenolic OH excluding ortho intramolecular Hbond substituents is 1. The van der Waals surface area contributed by atoms with Crippen LogP contribution < -0.4 is 20.5 Å². The molecule has 9 heteroatoms. The van der Waals surface area contributed by atoms with E-state index in [4.69, 9.17) is 15.2 Å². The quantitative estimate of drug-likeness (QED) is 0.439. The van der Waals surface area contributed by atoms with Gasteiger partial charge in [0.15, 0.2) is 11.5 Å². The average molecular weight is 439 g/mol. The summed E-state index contributed by atoms with van der Waals surface area (Å²) < 4.78 is 10.9. The van der Waals surface area contributed by atoms with Gasteiger partial charge in [0.05, 0.1) is 34.9 Å². The molecular formula is C23H25N3O6. The first kappa shape index (κ1) is 22.7. The Kier molecular flexibility index (Phi) is 6.11. The lowest BCUT2D eigenvalue weighted by Gasteiger charge is -2.27. The van der Waals surface area contributed by atoms with E-state index in [0.717, 1.165) is 0 Å². The first-order valence-electron chi connectivity index (χ1n) is 9.78. The van der Waals surface area contributed by atoms with Gasteiger partial charge in [-0.25, -0.2) is 4.79 Å². The summed E-state index contributed by atoms with van der Waals surface area (Å²) in [6.07, 6.45) is 0.